The summed E-state index contributed by atoms with van der Waals surface area (Å²) in [5.74, 6) is 0.841. The van der Waals surface area contributed by atoms with Crippen LogP contribution in [0.5, 0.6) is 0 Å². The van der Waals surface area contributed by atoms with Crippen LogP contribution in [0.25, 0.3) is 5.65 Å². The second-order valence-corrected chi connectivity index (χ2v) is 5.89. The van der Waals surface area contributed by atoms with Gasteiger partial charge >= 0.3 is 0 Å². The number of halogens is 1. The Hall–Kier alpha value is -2.14. The van der Waals surface area contributed by atoms with Crippen molar-refractivity contribution in [2.75, 3.05) is 11.4 Å². The molecule has 0 radical (unpaired) electrons. The number of nitrogens with zero attached hydrogens (tertiary/aromatic N) is 5. The van der Waals surface area contributed by atoms with Gasteiger partial charge in [0, 0.05) is 18.9 Å². The topological polar surface area (TPSA) is 46.3 Å². The third-order valence-corrected chi connectivity index (χ3v) is 4.48. The van der Waals surface area contributed by atoms with Crippen molar-refractivity contribution in [3.63, 3.8) is 0 Å². The van der Waals surface area contributed by atoms with E-state index in [0.717, 1.165) is 25.3 Å². The Morgan fingerprint density at radius 2 is 1.95 bits per heavy atom. The molecule has 1 fully saturated rings. The summed E-state index contributed by atoms with van der Waals surface area (Å²) in [7, 11) is 0. The number of piperidine rings is 1. The second-order valence-electron chi connectivity index (χ2n) is 5.53. The first-order valence-electron chi connectivity index (χ1n) is 7.51. The highest BCUT2D eigenvalue weighted by atomic mass is 35.5. The molecule has 112 valence electrons. The van der Waals surface area contributed by atoms with E-state index in [0.29, 0.717) is 16.8 Å². The zero-order chi connectivity index (χ0) is 14.9. The van der Waals surface area contributed by atoms with Gasteiger partial charge in [0.25, 0.3) is 0 Å². The van der Waals surface area contributed by atoms with Crippen molar-refractivity contribution in [1.82, 2.24) is 19.6 Å². The molecule has 5 nitrogen and oxygen atoms in total. The van der Waals surface area contributed by atoms with Crippen molar-refractivity contribution in [2.45, 2.75) is 25.3 Å². The summed E-state index contributed by atoms with van der Waals surface area (Å²) in [6.45, 7) is 0.973. The average molecular weight is 314 g/mol. The average Bonchev–Trinajstić information content (AvgIpc) is 3.01. The van der Waals surface area contributed by atoms with Crippen molar-refractivity contribution in [3.8, 4) is 0 Å². The lowest BCUT2D eigenvalue weighted by Crippen LogP contribution is -2.34. The van der Waals surface area contributed by atoms with E-state index in [1.165, 1.54) is 12.0 Å². The number of fused-ring (bicyclic) bond motifs is 1. The minimum atomic E-state index is 0.328. The molecule has 3 aromatic rings. The molecule has 1 aromatic carbocycles. The number of hydrogen-bond donors (Lipinski definition) is 0. The van der Waals surface area contributed by atoms with Gasteiger partial charge in [0.1, 0.15) is 0 Å². The highest BCUT2D eigenvalue weighted by Crippen LogP contribution is 2.34. The van der Waals surface area contributed by atoms with Crippen LogP contribution in [-0.2, 0) is 0 Å². The smallest absolute Gasteiger partial charge is 0.232 e. The van der Waals surface area contributed by atoms with Crippen LogP contribution in [0.3, 0.4) is 0 Å². The molecule has 2 aromatic heterocycles. The first-order chi connectivity index (χ1) is 10.8. The fourth-order valence-corrected chi connectivity index (χ4v) is 3.36. The van der Waals surface area contributed by atoms with Crippen molar-refractivity contribution < 1.29 is 0 Å². The first-order valence-corrected chi connectivity index (χ1v) is 7.89. The molecule has 1 aliphatic heterocycles. The van der Waals surface area contributed by atoms with Gasteiger partial charge in [0.15, 0.2) is 10.8 Å². The maximum absolute atomic E-state index is 6.11. The van der Waals surface area contributed by atoms with Gasteiger partial charge in [-0.2, -0.15) is 0 Å². The number of rotatable bonds is 2. The van der Waals surface area contributed by atoms with Crippen LogP contribution >= 0.6 is 11.6 Å². The van der Waals surface area contributed by atoms with Crippen LogP contribution < -0.4 is 4.90 Å². The Kier molecular flexibility index (Phi) is 3.42. The van der Waals surface area contributed by atoms with Gasteiger partial charge in [-0.05, 0) is 24.8 Å². The minimum absolute atomic E-state index is 0.328. The van der Waals surface area contributed by atoms with Crippen LogP contribution in [0.2, 0.25) is 5.15 Å². The summed E-state index contributed by atoms with van der Waals surface area (Å²) in [6, 6.07) is 10.9. The highest BCUT2D eigenvalue weighted by Gasteiger charge is 2.27. The van der Waals surface area contributed by atoms with Crippen LogP contribution in [0.4, 0.5) is 5.95 Å². The monoisotopic (exact) mass is 313 g/mol. The molecule has 1 atom stereocenters. The fourth-order valence-electron chi connectivity index (χ4n) is 3.17. The Labute approximate surface area is 133 Å². The Bertz CT molecular complexity index is 786. The molecule has 22 heavy (non-hydrogen) atoms. The summed E-state index contributed by atoms with van der Waals surface area (Å²) in [6.07, 6.45) is 7.07. The molecule has 0 spiro atoms. The van der Waals surface area contributed by atoms with Crippen molar-refractivity contribution in [2.24, 2.45) is 0 Å². The quantitative estimate of drug-likeness (QED) is 0.726. The largest absolute Gasteiger partial charge is 0.334 e. The maximum Gasteiger partial charge on any atom is 0.232 e. The van der Waals surface area contributed by atoms with Crippen molar-refractivity contribution in [3.05, 3.63) is 53.4 Å². The zero-order valence-corrected chi connectivity index (χ0v) is 12.8. The summed E-state index contributed by atoms with van der Waals surface area (Å²) in [5.41, 5.74) is 1.93. The second kappa shape index (κ2) is 5.57. The van der Waals surface area contributed by atoms with E-state index in [9.17, 15) is 0 Å². The van der Waals surface area contributed by atoms with Gasteiger partial charge in [0.2, 0.25) is 5.95 Å². The molecule has 0 amide bonds. The fraction of sp³-hybridized carbons (Fsp3) is 0.312. The van der Waals surface area contributed by atoms with Gasteiger partial charge in [-0.15, -0.1) is 10.2 Å². The summed E-state index contributed by atoms with van der Waals surface area (Å²) in [5, 5.41) is 8.95. The first kappa shape index (κ1) is 13.5. The molecule has 1 saturated heterocycles. The summed E-state index contributed by atoms with van der Waals surface area (Å²) < 4.78 is 1.93. The summed E-state index contributed by atoms with van der Waals surface area (Å²) in [4.78, 5) is 6.40. The maximum atomic E-state index is 6.11. The third kappa shape index (κ3) is 2.22. The van der Waals surface area contributed by atoms with E-state index in [-0.39, 0.29) is 0 Å². The van der Waals surface area contributed by atoms with E-state index in [1.54, 1.807) is 6.20 Å². The molecule has 4 rings (SSSR count). The molecule has 0 aliphatic carbocycles. The number of anilines is 1. The Morgan fingerprint density at radius 1 is 1.09 bits per heavy atom. The van der Waals surface area contributed by atoms with Crippen LogP contribution in [0, 0.1) is 0 Å². The van der Waals surface area contributed by atoms with E-state index < -0.39 is 0 Å². The van der Waals surface area contributed by atoms with Crippen molar-refractivity contribution in [1.29, 1.82) is 0 Å². The molecule has 1 aliphatic rings. The lowest BCUT2D eigenvalue weighted by atomic mass is 9.96. The molecule has 1 unspecified atom stereocenters. The van der Waals surface area contributed by atoms with Crippen molar-refractivity contribution >= 4 is 23.2 Å². The van der Waals surface area contributed by atoms with Crippen LogP contribution in [-0.4, -0.2) is 26.1 Å². The molecular weight excluding hydrogens is 298 g/mol. The Morgan fingerprint density at radius 3 is 2.82 bits per heavy atom. The van der Waals surface area contributed by atoms with E-state index in [4.69, 9.17) is 11.6 Å². The lowest BCUT2D eigenvalue weighted by molar-refractivity contribution is 0.464. The standard InChI is InChI=1S/C16H16ClN5/c17-14-15-19-20-16(22(15)11-9-18-14)21-10-5-4-8-13(21)12-6-2-1-3-7-12/h1-3,6-7,9,11,13H,4-5,8,10H2. The molecule has 0 N–H and O–H groups in total. The number of hydrogen-bond acceptors (Lipinski definition) is 4. The molecular formula is C16H16ClN5. The van der Waals surface area contributed by atoms with Gasteiger partial charge < -0.3 is 4.90 Å². The van der Waals surface area contributed by atoms with E-state index in [2.05, 4.69) is 50.4 Å². The predicted molar refractivity (Wildman–Crippen MR) is 86.2 cm³/mol. The van der Waals surface area contributed by atoms with Gasteiger partial charge in [-0.25, -0.2) is 4.98 Å². The number of benzene rings is 1. The lowest BCUT2D eigenvalue weighted by Gasteiger charge is -2.36. The van der Waals surface area contributed by atoms with E-state index >= 15 is 0 Å². The molecule has 0 saturated carbocycles. The normalized spacial score (nSPS) is 18.8. The Balaban J connectivity index is 1.79. The molecule has 3 heterocycles. The predicted octanol–water partition coefficient (Wildman–Crippen LogP) is 3.51. The van der Waals surface area contributed by atoms with E-state index in [1.807, 2.05) is 10.6 Å². The third-order valence-electron chi connectivity index (χ3n) is 4.21. The zero-order valence-electron chi connectivity index (χ0n) is 12.1. The molecule has 0 bridgehead atoms. The SMILES string of the molecule is Clc1nccn2c(N3CCCCC3c3ccccc3)nnc12. The summed E-state index contributed by atoms with van der Waals surface area (Å²) >= 11 is 6.11. The van der Waals surface area contributed by atoms with Gasteiger partial charge in [-0.3, -0.25) is 4.40 Å². The van der Waals surface area contributed by atoms with Gasteiger partial charge in [0.05, 0.1) is 6.04 Å². The highest BCUT2D eigenvalue weighted by molar-refractivity contribution is 6.32. The molecule has 6 heteroatoms. The van der Waals surface area contributed by atoms with Crippen LogP contribution in [0.15, 0.2) is 42.7 Å². The minimum Gasteiger partial charge on any atom is -0.334 e. The van der Waals surface area contributed by atoms with Crippen LogP contribution in [0.1, 0.15) is 30.9 Å². The number of aromatic nitrogens is 4. The van der Waals surface area contributed by atoms with Gasteiger partial charge in [-0.1, -0.05) is 41.9 Å².